The monoisotopic (exact) mass is 427 g/mol. The molecule has 1 aliphatic heterocycles. The van der Waals surface area contributed by atoms with Gasteiger partial charge in [-0.25, -0.2) is 17.2 Å². The molecule has 0 amide bonds. The lowest BCUT2D eigenvalue weighted by Crippen LogP contribution is -2.49. The highest BCUT2D eigenvalue weighted by molar-refractivity contribution is 7.89. The molecular weight excluding hydrogens is 408 g/mol. The first-order valence-electron chi connectivity index (χ1n) is 8.79. The molecule has 2 aromatic rings. The topological polar surface area (TPSA) is 104 Å². The number of nitro groups is 1. The van der Waals surface area contributed by atoms with Crippen molar-refractivity contribution < 1.29 is 27.2 Å². The maximum absolute atomic E-state index is 13.8. The van der Waals surface area contributed by atoms with Gasteiger partial charge in [-0.3, -0.25) is 15.0 Å². The smallest absolute Gasteiger partial charge is 0.270 e. The molecule has 1 unspecified atom stereocenters. The van der Waals surface area contributed by atoms with E-state index in [1.54, 1.807) is 4.90 Å². The second-order valence-corrected chi connectivity index (χ2v) is 8.55. The van der Waals surface area contributed by atoms with Crippen molar-refractivity contribution in [3.05, 3.63) is 69.8 Å². The number of nitrogens with zero attached hydrogens (tertiary/aromatic N) is 3. The predicted octanol–water partition coefficient (Wildman–Crippen LogP) is 1.91. The molecule has 1 heterocycles. The third kappa shape index (κ3) is 4.58. The standard InChI is InChI=1S/C18H19F2N3O5S/c19-15-5-2-6-16(20)18(15)17(24)12-21-7-9-22(10-8-21)29(27,28)14-4-1-3-13(11-14)23(25)26/h1-6,11,17,24H,7-10,12H2. The van der Waals surface area contributed by atoms with Crippen LogP contribution in [0.4, 0.5) is 14.5 Å². The maximum Gasteiger partial charge on any atom is 0.270 e. The normalized spacial score (nSPS) is 17.2. The summed E-state index contributed by atoms with van der Waals surface area (Å²) >= 11 is 0. The van der Waals surface area contributed by atoms with Crippen LogP contribution in [0.25, 0.3) is 0 Å². The summed E-state index contributed by atoms with van der Waals surface area (Å²) in [7, 11) is -3.92. The number of benzene rings is 2. The molecule has 11 heteroatoms. The van der Waals surface area contributed by atoms with E-state index in [0.717, 1.165) is 18.2 Å². The summed E-state index contributed by atoms with van der Waals surface area (Å²) < 4.78 is 54.3. The van der Waals surface area contributed by atoms with E-state index in [2.05, 4.69) is 0 Å². The molecular formula is C18H19F2N3O5S. The van der Waals surface area contributed by atoms with Crippen molar-refractivity contribution in [3.8, 4) is 0 Å². The molecule has 8 nitrogen and oxygen atoms in total. The van der Waals surface area contributed by atoms with Gasteiger partial charge in [-0.05, 0) is 18.2 Å². The van der Waals surface area contributed by atoms with E-state index in [-0.39, 0.29) is 43.3 Å². The number of halogens is 2. The number of non-ortho nitro benzene ring substituents is 1. The fraction of sp³-hybridized carbons (Fsp3) is 0.333. The Balaban J connectivity index is 1.66. The Labute approximate surface area is 166 Å². The predicted molar refractivity (Wildman–Crippen MR) is 99.6 cm³/mol. The summed E-state index contributed by atoms with van der Waals surface area (Å²) in [5.74, 6) is -1.69. The lowest BCUT2D eigenvalue weighted by Gasteiger charge is -2.35. The van der Waals surface area contributed by atoms with E-state index in [0.29, 0.717) is 0 Å². The van der Waals surface area contributed by atoms with Crippen LogP contribution in [0.2, 0.25) is 0 Å². The van der Waals surface area contributed by atoms with Crippen LogP contribution in [0.5, 0.6) is 0 Å². The lowest BCUT2D eigenvalue weighted by atomic mass is 10.1. The molecule has 0 aromatic heterocycles. The highest BCUT2D eigenvalue weighted by Gasteiger charge is 2.30. The van der Waals surface area contributed by atoms with E-state index >= 15 is 0 Å². The average Bonchev–Trinajstić information content (AvgIpc) is 2.68. The Morgan fingerprint density at radius 3 is 2.24 bits per heavy atom. The van der Waals surface area contributed by atoms with Crippen LogP contribution in [0, 0.1) is 21.7 Å². The van der Waals surface area contributed by atoms with Gasteiger partial charge in [-0.2, -0.15) is 4.31 Å². The average molecular weight is 427 g/mol. The van der Waals surface area contributed by atoms with Crippen LogP contribution in [0.15, 0.2) is 47.4 Å². The third-order valence-corrected chi connectivity index (χ3v) is 6.66. The molecule has 1 aliphatic rings. The molecule has 0 spiro atoms. The SMILES string of the molecule is O=[N+]([O-])c1cccc(S(=O)(=O)N2CCN(CC(O)c3c(F)cccc3F)CC2)c1. The van der Waals surface area contributed by atoms with Gasteiger partial charge >= 0.3 is 0 Å². The van der Waals surface area contributed by atoms with Crippen molar-refractivity contribution in [1.29, 1.82) is 0 Å². The molecule has 2 aromatic carbocycles. The molecule has 0 radical (unpaired) electrons. The van der Waals surface area contributed by atoms with Gasteiger partial charge in [0.2, 0.25) is 10.0 Å². The zero-order valence-corrected chi connectivity index (χ0v) is 16.1. The second-order valence-electron chi connectivity index (χ2n) is 6.61. The third-order valence-electron chi connectivity index (χ3n) is 4.76. The quantitative estimate of drug-likeness (QED) is 0.558. The van der Waals surface area contributed by atoms with E-state index < -0.39 is 38.2 Å². The molecule has 1 atom stereocenters. The number of aliphatic hydroxyl groups excluding tert-OH is 1. The largest absolute Gasteiger partial charge is 0.387 e. The molecule has 0 aliphatic carbocycles. The number of β-amino-alcohol motifs (C(OH)–C–C–N with tert-alkyl or cyclic N) is 1. The fourth-order valence-electron chi connectivity index (χ4n) is 3.22. The minimum Gasteiger partial charge on any atom is -0.387 e. The number of sulfonamides is 1. The van der Waals surface area contributed by atoms with Crippen LogP contribution in [-0.4, -0.2) is 60.4 Å². The van der Waals surface area contributed by atoms with Crippen LogP contribution in [0.3, 0.4) is 0 Å². The lowest BCUT2D eigenvalue weighted by molar-refractivity contribution is -0.385. The van der Waals surface area contributed by atoms with Gasteiger partial charge in [0.15, 0.2) is 0 Å². The molecule has 1 saturated heterocycles. The molecule has 0 saturated carbocycles. The van der Waals surface area contributed by atoms with Gasteiger partial charge in [-0.15, -0.1) is 0 Å². The van der Waals surface area contributed by atoms with Gasteiger partial charge < -0.3 is 5.11 Å². The van der Waals surface area contributed by atoms with Crippen molar-refractivity contribution in [3.63, 3.8) is 0 Å². The molecule has 0 bridgehead atoms. The Kier molecular flexibility index (Phi) is 6.22. The van der Waals surface area contributed by atoms with Gasteiger partial charge in [-0.1, -0.05) is 12.1 Å². The first kappa shape index (κ1) is 21.2. The number of nitro benzene ring substituents is 1. The summed E-state index contributed by atoms with van der Waals surface area (Å²) in [5, 5.41) is 21.1. The van der Waals surface area contributed by atoms with Crippen molar-refractivity contribution in [2.45, 2.75) is 11.0 Å². The van der Waals surface area contributed by atoms with Crippen molar-refractivity contribution in [2.24, 2.45) is 0 Å². The van der Waals surface area contributed by atoms with E-state index in [1.807, 2.05) is 0 Å². The maximum atomic E-state index is 13.8. The molecule has 29 heavy (non-hydrogen) atoms. The summed E-state index contributed by atoms with van der Waals surface area (Å²) in [4.78, 5) is 11.7. The van der Waals surface area contributed by atoms with Gasteiger partial charge in [0.1, 0.15) is 11.6 Å². The van der Waals surface area contributed by atoms with Crippen LogP contribution in [0.1, 0.15) is 11.7 Å². The summed E-state index contributed by atoms with van der Waals surface area (Å²) in [6.45, 7) is 0.583. The summed E-state index contributed by atoms with van der Waals surface area (Å²) in [5.41, 5.74) is -0.737. The van der Waals surface area contributed by atoms with E-state index in [4.69, 9.17) is 0 Å². The first-order chi connectivity index (χ1) is 13.7. The zero-order valence-electron chi connectivity index (χ0n) is 15.2. The van der Waals surface area contributed by atoms with Crippen molar-refractivity contribution in [1.82, 2.24) is 9.21 Å². The minimum absolute atomic E-state index is 0.0530. The fourth-order valence-corrected chi connectivity index (χ4v) is 4.69. The molecule has 1 fully saturated rings. The van der Waals surface area contributed by atoms with Crippen molar-refractivity contribution >= 4 is 15.7 Å². The number of piperazine rings is 1. The number of aliphatic hydroxyl groups is 1. The molecule has 156 valence electrons. The van der Waals surface area contributed by atoms with Crippen LogP contribution < -0.4 is 0 Å². The number of hydrogen-bond acceptors (Lipinski definition) is 6. The Bertz CT molecular complexity index is 990. The minimum atomic E-state index is -3.92. The van der Waals surface area contributed by atoms with Gasteiger partial charge in [0.05, 0.1) is 21.5 Å². The zero-order chi connectivity index (χ0) is 21.2. The highest BCUT2D eigenvalue weighted by atomic mass is 32.2. The summed E-state index contributed by atoms with van der Waals surface area (Å²) in [6.07, 6.45) is -1.39. The van der Waals surface area contributed by atoms with E-state index in [1.165, 1.54) is 28.6 Å². The second kappa shape index (κ2) is 8.49. The number of rotatable bonds is 6. The Morgan fingerprint density at radius 1 is 1.07 bits per heavy atom. The van der Waals surface area contributed by atoms with E-state index in [9.17, 15) is 32.4 Å². The van der Waals surface area contributed by atoms with Gasteiger partial charge in [0.25, 0.3) is 5.69 Å². The van der Waals surface area contributed by atoms with Crippen LogP contribution in [-0.2, 0) is 10.0 Å². The highest BCUT2D eigenvalue weighted by Crippen LogP contribution is 2.24. The Morgan fingerprint density at radius 2 is 1.66 bits per heavy atom. The van der Waals surface area contributed by atoms with Crippen LogP contribution >= 0.6 is 0 Å². The summed E-state index contributed by atoms with van der Waals surface area (Å²) in [6, 6.07) is 8.14. The first-order valence-corrected chi connectivity index (χ1v) is 10.2. The molecule has 1 N–H and O–H groups in total. The number of hydrogen-bond donors (Lipinski definition) is 1. The van der Waals surface area contributed by atoms with Crippen molar-refractivity contribution in [2.75, 3.05) is 32.7 Å². The molecule has 3 rings (SSSR count). The Hall–Kier alpha value is -2.47. The van der Waals surface area contributed by atoms with Gasteiger partial charge in [0, 0.05) is 44.9 Å².